The van der Waals surface area contributed by atoms with Crippen LogP contribution in [0.1, 0.15) is 21.5 Å². The van der Waals surface area contributed by atoms with Gasteiger partial charge in [-0.2, -0.15) is 16.8 Å². The minimum Gasteiger partial charge on any atom is -0.266 e. The van der Waals surface area contributed by atoms with E-state index in [4.69, 9.17) is 0 Å². The van der Waals surface area contributed by atoms with Crippen molar-refractivity contribution in [3.63, 3.8) is 0 Å². The minimum atomic E-state index is -4.52. The fourth-order valence-corrected chi connectivity index (χ4v) is 6.45. The quantitative estimate of drug-likeness (QED) is 0.426. The van der Waals surface area contributed by atoms with Gasteiger partial charge in [0.05, 0.1) is 4.90 Å². The van der Waals surface area contributed by atoms with Gasteiger partial charge in [0.1, 0.15) is 4.90 Å². The molecule has 4 aromatic carbocycles. The number of aryl methyl sites for hydroxylation is 1. The summed E-state index contributed by atoms with van der Waals surface area (Å²) in [6.45, 7) is 1.84. The number of carbonyl (C=O) groups excluding carboxylic acids is 1. The molecule has 0 aliphatic carbocycles. The lowest BCUT2D eigenvalue weighted by molar-refractivity contribution is 0.0838. The summed E-state index contributed by atoms with van der Waals surface area (Å²) in [4.78, 5) is 13.4. The number of benzene rings is 4. The number of amidine groups is 1. The normalized spacial score (nSPS) is 14.3. The summed E-state index contributed by atoms with van der Waals surface area (Å²) in [6.07, 6.45) is 0. The Morgan fingerprint density at radius 1 is 0.857 bits per heavy atom. The molecule has 0 bridgehead atoms. The number of hydrazine groups is 1. The SMILES string of the molecule is Cc1ccc(C(=O)N(NC2=NS(=O)(=O)c3ccccc32)S(=O)(=O)c2cccc3ccccc23)cc1. The zero-order chi connectivity index (χ0) is 24.8. The van der Waals surface area contributed by atoms with Crippen LogP contribution in [-0.2, 0) is 20.0 Å². The lowest BCUT2D eigenvalue weighted by atomic mass is 10.1. The number of sulfonamides is 2. The zero-order valence-corrected chi connectivity index (χ0v) is 20.0. The van der Waals surface area contributed by atoms with E-state index in [2.05, 4.69) is 9.82 Å². The topological polar surface area (TPSA) is 113 Å². The Morgan fingerprint density at radius 3 is 2.29 bits per heavy atom. The molecule has 0 saturated heterocycles. The summed E-state index contributed by atoms with van der Waals surface area (Å²) in [5.41, 5.74) is 3.67. The van der Waals surface area contributed by atoms with Crippen LogP contribution in [0.2, 0.25) is 0 Å². The summed E-state index contributed by atoms with van der Waals surface area (Å²) in [7, 11) is -8.56. The van der Waals surface area contributed by atoms with Gasteiger partial charge in [0.15, 0.2) is 5.84 Å². The fourth-order valence-electron chi connectivity index (χ4n) is 3.83. The molecule has 0 spiro atoms. The van der Waals surface area contributed by atoms with E-state index in [0.717, 1.165) is 5.56 Å². The predicted molar refractivity (Wildman–Crippen MR) is 132 cm³/mol. The van der Waals surface area contributed by atoms with E-state index in [0.29, 0.717) is 15.2 Å². The molecule has 0 atom stereocenters. The standard InChI is InChI=1S/C25H19N3O5S2/c1-17-13-15-19(16-14-17)25(29)28(26-24-21-10-4-5-11-22(21)34(30,31)27-24)35(32,33)23-12-6-8-18-7-2-3-9-20(18)23/h2-16H,1H3,(H,26,27). The van der Waals surface area contributed by atoms with E-state index in [1.54, 1.807) is 54.6 Å². The van der Waals surface area contributed by atoms with Gasteiger partial charge in [-0.05, 0) is 42.6 Å². The molecule has 8 nitrogen and oxygen atoms in total. The molecule has 10 heteroatoms. The summed E-state index contributed by atoms with van der Waals surface area (Å²) in [5, 5.41) is 1.09. The average molecular weight is 506 g/mol. The van der Waals surface area contributed by atoms with Crippen molar-refractivity contribution in [1.82, 2.24) is 9.84 Å². The maximum atomic E-state index is 13.9. The largest absolute Gasteiger partial charge is 0.286 e. The van der Waals surface area contributed by atoms with Gasteiger partial charge in [0.2, 0.25) is 0 Å². The monoisotopic (exact) mass is 505 g/mol. The maximum Gasteiger partial charge on any atom is 0.286 e. The van der Waals surface area contributed by atoms with E-state index in [-0.39, 0.29) is 26.8 Å². The summed E-state index contributed by atoms with van der Waals surface area (Å²) >= 11 is 0. The van der Waals surface area contributed by atoms with Crippen molar-refractivity contribution in [1.29, 1.82) is 0 Å². The summed E-state index contributed by atoms with van der Waals surface area (Å²) in [5.74, 6) is -1.15. The first kappa shape index (κ1) is 22.8. The van der Waals surface area contributed by atoms with Crippen LogP contribution in [-0.4, -0.2) is 33.0 Å². The number of hydrogen-bond acceptors (Lipinski definition) is 6. The molecule has 1 aliphatic heterocycles. The summed E-state index contributed by atoms with van der Waals surface area (Å²) < 4.78 is 57.1. The Bertz CT molecular complexity index is 1720. The Hall–Kier alpha value is -4.02. The van der Waals surface area contributed by atoms with Gasteiger partial charge in [0, 0.05) is 16.5 Å². The van der Waals surface area contributed by atoms with Crippen LogP contribution in [0.4, 0.5) is 0 Å². The highest BCUT2D eigenvalue weighted by atomic mass is 32.2. The van der Waals surface area contributed by atoms with Crippen molar-refractivity contribution >= 4 is 42.6 Å². The van der Waals surface area contributed by atoms with Gasteiger partial charge < -0.3 is 0 Å². The molecule has 35 heavy (non-hydrogen) atoms. The zero-order valence-electron chi connectivity index (χ0n) is 18.4. The number of fused-ring (bicyclic) bond motifs is 2. The molecule has 1 amide bonds. The van der Waals surface area contributed by atoms with E-state index in [1.165, 1.54) is 36.4 Å². The van der Waals surface area contributed by atoms with Crippen LogP contribution >= 0.6 is 0 Å². The second-order valence-electron chi connectivity index (χ2n) is 7.94. The van der Waals surface area contributed by atoms with Gasteiger partial charge in [-0.25, -0.2) is 0 Å². The Labute approximate surface area is 202 Å². The molecule has 176 valence electrons. The van der Waals surface area contributed by atoms with Crippen molar-refractivity contribution in [2.24, 2.45) is 4.40 Å². The Balaban J connectivity index is 1.68. The highest BCUT2D eigenvalue weighted by Crippen LogP contribution is 2.29. The van der Waals surface area contributed by atoms with Crippen molar-refractivity contribution in [3.8, 4) is 0 Å². The van der Waals surface area contributed by atoms with Gasteiger partial charge in [-0.1, -0.05) is 66.2 Å². The van der Waals surface area contributed by atoms with Crippen LogP contribution in [0.15, 0.2) is 105 Å². The minimum absolute atomic E-state index is 0.0761. The number of nitrogens with zero attached hydrogens (tertiary/aromatic N) is 2. The number of carbonyl (C=O) groups is 1. The van der Waals surface area contributed by atoms with Gasteiger partial charge >= 0.3 is 0 Å². The molecule has 0 radical (unpaired) electrons. The maximum absolute atomic E-state index is 13.9. The average Bonchev–Trinajstić information content (AvgIpc) is 3.12. The number of rotatable bonds is 3. The van der Waals surface area contributed by atoms with Crippen LogP contribution in [0.3, 0.4) is 0 Å². The Kier molecular flexibility index (Phi) is 5.42. The third kappa shape index (κ3) is 3.96. The van der Waals surface area contributed by atoms with Gasteiger partial charge in [0.25, 0.3) is 26.0 Å². The number of hydrogen-bond donors (Lipinski definition) is 1. The van der Waals surface area contributed by atoms with E-state index < -0.39 is 26.0 Å². The molecule has 0 saturated carbocycles. The molecule has 0 unspecified atom stereocenters. The number of amides is 1. The molecular formula is C25H19N3O5S2. The van der Waals surface area contributed by atoms with E-state index in [9.17, 15) is 21.6 Å². The van der Waals surface area contributed by atoms with Crippen molar-refractivity contribution in [3.05, 3.63) is 108 Å². The first-order valence-electron chi connectivity index (χ1n) is 10.5. The second kappa shape index (κ2) is 8.33. The van der Waals surface area contributed by atoms with Crippen molar-refractivity contribution < 1.29 is 21.6 Å². The van der Waals surface area contributed by atoms with Gasteiger partial charge in [-0.3, -0.25) is 10.2 Å². The van der Waals surface area contributed by atoms with Gasteiger partial charge in [-0.15, -0.1) is 8.81 Å². The predicted octanol–water partition coefficient (Wildman–Crippen LogP) is 3.63. The van der Waals surface area contributed by atoms with E-state index >= 15 is 0 Å². The molecule has 1 N–H and O–H groups in total. The van der Waals surface area contributed by atoms with Crippen LogP contribution in [0.25, 0.3) is 10.8 Å². The molecule has 4 aromatic rings. The molecule has 0 aromatic heterocycles. The molecule has 1 aliphatic rings. The first-order valence-corrected chi connectivity index (χ1v) is 13.4. The van der Waals surface area contributed by atoms with Crippen molar-refractivity contribution in [2.75, 3.05) is 0 Å². The highest BCUT2D eigenvalue weighted by molar-refractivity contribution is 7.91. The van der Waals surface area contributed by atoms with Crippen LogP contribution < -0.4 is 5.43 Å². The second-order valence-corrected chi connectivity index (χ2v) is 11.3. The third-order valence-electron chi connectivity index (χ3n) is 5.59. The molecule has 1 heterocycles. The van der Waals surface area contributed by atoms with Crippen molar-refractivity contribution in [2.45, 2.75) is 16.7 Å². The molecular weight excluding hydrogens is 486 g/mol. The number of nitrogens with one attached hydrogen (secondary N) is 1. The highest BCUT2D eigenvalue weighted by Gasteiger charge is 2.36. The van der Waals surface area contributed by atoms with E-state index in [1.807, 2.05) is 6.92 Å². The van der Waals surface area contributed by atoms with Crippen LogP contribution in [0.5, 0.6) is 0 Å². The fraction of sp³-hybridized carbons (Fsp3) is 0.0400. The molecule has 0 fully saturated rings. The van der Waals surface area contributed by atoms with Crippen LogP contribution in [0, 0.1) is 6.92 Å². The first-order chi connectivity index (χ1) is 16.7. The lowest BCUT2D eigenvalue weighted by Gasteiger charge is -2.24. The smallest absolute Gasteiger partial charge is 0.266 e. The molecule has 5 rings (SSSR count). The third-order valence-corrected chi connectivity index (χ3v) is 8.57. The summed E-state index contributed by atoms with van der Waals surface area (Å²) in [6, 6.07) is 24.0. The Morgan fingerprint density at radius 2 is 1.51 bits per heavy atom. The lowest BCUT2D eigenvalue weighted by Crippen LogP contribution is -2.49.